The van der Waals surface area contributed by atoms with Gasteiger partial charge in [0.1, 0.15) is 11.6 Å². The van der Waals surface area contributed by atoms with Crippen molar-refractivity contribution in [1.82, 2.24) is 14.9 Å². The Kier molecular flexibility index (Phi) is 5.89. The number of ether oxygens (including phenoxy) is 1. The molecule has 1 atom stereocenters. The van der Waals surface area contributed by atoms with Crippen LogP contribution in [0.25, 0.3) is 0 Å². The van der Waals surface area contributed by atoms with E-state index in [1.165, 1.54) is 0 Å². The zero-order valence-corrected chi connectivity index (χ0v) is 15.3. The highest BCUT2D eigenvalue weighted by Gasteiger charge is 2.30. The molecule has 0 aliphatic rings. The molecular weight excluding hydrogens is 326 g/mol. The van der Waals surface area contributed by atoms with E-state index in [0.29, 0.717) is 17.3 Å². The van der Waals surface area contributed by atoms with Gasteiger partial charge in [0.25, 0.3) is 5.91 Å². The van der Waals surface area contributed by atoms with E-state index in [2.05, 4.69) is 21.8 Å². The summed E-state index contributed by atoms with van der Waals surface area (Å²) in [5, 5.41) is 3.60. The minimum Gasteiger partial charge on any atom is -0.478 e. The van der Waals surface area contributed by atoms with Crippen LogP contribution in [0.2, 0.25) is 5.02 Å². The van der Waals surface area contributed by atoms with Crippen molar-refractivity contribution >= 4 is 17.5 Å². The summed E-state index contributed by atoms with van der Waals surface area (Å²) >= 11 is 5.86. The van der Waals surface area contributed by atoms with E-state index >= 15 is 0 Å². The summed E-state index contributed by atoms with van der Waals surface area (Å²) < 4.78 is 7.87. The van der Waals surface area contributed by atoms with E-state index < -0.39 is 5.60 Å². The van der Waals surface area contributed by atoms with Gasteiger partial charge >= 0.3 is 0 Å². The van der Waals surface area contributed by atoms with Gasteiger partial charge in [-0.15, -0.1) is 0 Å². The van der Waals surface area contributed by atoms with Crippen LogP contribution in [0.5, 0.6) is 5.75 Å². The SMILES string of the molecule is Cc1nccn1C[C@H](C)CNC(=O)C(C)(C)Oc1ccc(Cl)cc1. The first-order valence-corrected chi connectivity index (χ1v) is 8.36. The number of benzene rings is 1. The van der Waals surface area contributed by atoms with Gasteiger partial charge in [0.15, 0.2) is 5.60 Å². The molecule has 0 aliphatic heterocycles. The topological polar surface area (TPSA) is 56.2 Å². The second kappa shape index (κ2) is 7.71. The number of carbonyl (C=O) groups is 1. The predicted molar refractivity (Wildman–Crippen MR) is 95.3 cm³/mol. The first kappa shape index (κ1) is 18.3. The second-order valence-electron chi connectivity index (χ2n) is 6.51. The smallest absolute Gasteiger partial charge is 0.263 e. The lowest BCUT2D eigenvalue weighted by Crippen LogP contribution is -2.47. The molecule has 0 bridgehead atoms. The van der Waals surface area contributed by atoms with E-state index in [9.17, 15) is 4.79 Å². The van der Waals surface area contributed by atoms with Gasteiger partial charge in [-0.2, -0.15) is 0 Å². The predicted octanol–water partition coefficient (Wildman–Crippen LogP) is 3.45. The molecule has 1 heterocycles. The Morgan fingerprint density at radius 2 is 2.04 bits per heavy atom. The third-order valence-corrected chi connectivity index (χ3v) is 4.03. The summed E-state index contributed by atoms with van der Waals surface area (Å²) in [5.41, 5.74) is -0.960. The fraction of sp³-hybridized carbons (Fsp3) is 0.444. The van der Waals surface area contributed by atoms with E-state index in [-0.39, 0.29) is 11.8 Å². The van der Waals surface area contributed by atoms with Crippen LogP contribution in [0.4, 0.5) is 0 Å². The largest absolute Gasteiger partial charge is 0.478 e. The van der Waals surface area contributed by atoms with Crippen LogP contribution in [-0.4, -0.2) is 27.6 Å². The van der Waals surface area contributed by atoms with Crippen LogP contribution in [0.1, 0.15) is 26.6 Å². The normalized spacial score (nSPS) is 12.7. The van der Waals surface area contributed by atoms with Gasteiger partial charge in [0, 0.05) is 30.5 Å². The zero-order valence-electron chi connectivity index (χ0n) is 14.5. The monoisotopic (exact) mass is 349 g/mol. The number of imidazole rings is 1. The highest BCUT2D eigenvalue weighted by atomic mass is 35.5. The van der Waals surface area contributed by atoms with Crippen LogP contribution in [0, 0.1) is 12.8 Å². The Labute approximate surface area is 148 Å². The standard InChI is InChI=1S/C18H24ClN3O2/c1-13(12-22-10-9-20-14(22)2)11-21-17(23)18(3,4)24-16-7-5-15(19)6-8-16/h5-10,13H,11-12H2,1-4H3,(H,21,23)/t13-/m1/s1. The molecule has 0 fully saturated rings. The average Bonchev–Trinajstić information content (AvgIpc) is 2.92. The third kappa shape index (κ3) is 4.99. The van der Waals surface area contributed by atoms with E-state index in [0.717, 1.165) is 12.4 Å². The molecule has 0 saturated heterocycles. The third-order valence-electron chi connectivity index (χ3n) is 3.78. The lowest BCUT2D eigenvalue weighted by Gasteiger charge is -2.26. The number of nitrogens with zero attached hydrogens (tertiary/aromatic N) is 2. The van der Waals surface area contributed by atoms with Crippen LogP contribution in [0.15, 0.2) is 36.7 Å². The summed E-state index contributed by atoms with van der Waals surface area (Å²) in [4.78, 5) is 16.6. The van der Waals surface area contributed by atoms with Gasteiger partial charge < -0.3 is 14.6 Å². The Morgan fingerprint density at radius 1 is 1.38 bits per heavy atom. The molecule has 0 spiro atoms. The quantitative estimate of drug-likeness (QED) is 0.832. The maximum absolute atomic E-state index is 12.4. The molecule has 1 aromatic heterocycles. The number of aromatic nitrogens is 2. The number of rotatable bonds is 7. The molecule has 130 valence electrons. The first-order chi connectivity index (χ1) is 11.3. The van der Waals surface area contributed by atoms with Gasteiger partial charge in [-0.05, 0) is 51.0 Å². The Morgan fingerprint density at radius 3 is 2.62 bits per heavy atom. The van der Waals surface area contributed by atoms with Gasteiger partial charge in [-0.3, -0.25) is 4.79 Å². The number of halogens is 1. The van der Waals surface area contributed by atoms with E-state index in [1.807, 2.05) is 13.1 Å². The van der Waals surface area contributed by atoms with Gasteiger partial charge in [-0.1, -0.05) is 18.5 Å². The first-order valence-electron chi connectivity index (χ1n) is 7.98. The number of nitrogens with one attached hydrogen (secondary N) is 1. The fourth-order valence-electron chi connectivity index (χ4n) is 2.32. The molecule has 1 aromatic carbocycles. The average molecular weight is 350 g/mol. The lowest BCUT2D eigenvalue weighted by molar-refractivity contribution is -0.134. The van der Waals surface area contributed by atoms with Crippen molar-refractivity contribution < 1.29 is 9.53 Å². The fourth-order valence-corrected chi connectivity index (χ4v) is 2.45. The summed E-state index contributed by atoms with van der Waals surface area (Å²) in [7, 11) is 0. The summed E-state index contributed by atoms with van der Waals surface area (Å²) in [6, 6.07) is 6.98. The molecule has 0 unspecified atom stereocenters. The van der Waals surface area contributed by atoms with Crippen LogP contribution in [-0.2, 0) is 11.3 Å². The zero-order chi connectivity index (χ0) is 17.7. The van der Waals surface area contributed by atoms with Crippen molar-refractivity contribution in [1.29, 1.82) is 0 Å². The highest BCUT2D eigenvalue weighted by Crippen LogP contribution is 2.21. The summed E-state index contributed by atoms with van der Waals surface area (Å²) in [5.74, 6) is 1.72. The molecule has 1 amide bonds. The molecule has 5 nitrogen and oxygen atoms in total. The van der Waals surface area contributed by atoms with E-state index in [1.54, 1.807) is 44.3 Å². The number of hydrogen-bond donors (Lipinski definition) is 1. The number of carbonyl (C=O) groups excluding carboxylic acids is 1. The Bertz CT molecular complexity index is 680. The van der Waals surface area contributed by atoms with Crippen molar-refractivity contribution in [3.8, 4) is 5.75 Å². The minimum atomic E-state index is -0.960. The number of hydrogen-bond acceptors (Lipinski definition) is 3. The molecule has 6 heteroatoms. The van der Waals surface area contributed by atoms with Crippen LogP contribution in [0.3, 0.4) is 0 Å². The molecule has 2 rings (SSSR count). The van der Waals surface area contributed by atoms with Crippen LogP contribution < -0.4 is 10.1 Å². The van der Waals surface area contributed by atoms with Gasteiger partial charge in [0.05, 0.1) is 0 Å². The Balaban J connectivity index is 1.85. The molecule has 0 saturated carbocycles. The van der Waals surface area contributed by atoms with Gasteiger partial charge in [-0.25, -0.2) is 4.98 Å². The minimum absolute atomic E-state index is 0.147. The van der Waals surface area contributed by atoms with Crippen molar-refractivity contribution in [2.75, 3.05) is 6.54 Å². The molecule has 0 aliphatic carbocycles. The maximum Gasteiger partial charge on any atom is 0.263 e. The van der Waals surface area contributed by atoms with Crippen molar-refractivity contribution in [3.63, 3.8) is 0 Å². The molecule has 2 aromatic rings. The van der Waals surface area contributed by atoms with Crippen LogP contribution >= 0.6 is 11.6 Å². The molecule has 24 heavy (non-hydrogen) atoms. The number of amides is 1. The van der Waals surface area contributed by atoms with Crippen molar-refractivity contribution in [3.05, 3.63) is 47.5 Å². The number of aryl methyl sites for hydroxylation is 1. The second-order valence-corrected chi connectivity index (χ2v) is 6.94. The van der Waals surface area contributed by atoms with E-state index in [4.69, 9.17) is 16.3 Å². The lowest BCUT2D eigenvalue weighted by atomic mass is 10.1. The molecule has 1 N–H and O–H groups in total. The molecular formula is C18H24ClN3O2. The van der Waals surface area contributed by atoms with Gasteiger partial charge in [0.2, 0.25) is 0 Å². The summed E-state index contributed by atoms with van der Waals surface area (Å²) in [6.45, 7) is 8.94. The summed E-state index contributed by atoms with van der Waals surface area (Å²) in [6.07, 6.45) is 3.73. The van der Waals surface area contributed by atoms with Crippen molar-refractivity contribution in [2.45, 2.75) is 39.8 Å². The molecule has 0 radical (unpaired) electrons. The highest BCUT2D eigenvalue weighted by molar-refractivity contribution is 6.30. The van der Waals surface area contributed by atoms with Crippen molar-refractivity contribution in [2.24, 2.45) is 5.92 Å². The Hall–Kier alpha value is -2.01. The maximum atomic E-state index is 12.4.